The van der Waals surface area contributed by atoms with Crippen LogP contribution in [-0.4, -0.2) is 13.2 Å². The van der Waals surface area contributed by atoms with Crippen LogP contribution >= 0.6 is 15.9 Å². The largest absolute Gasteiger partial charge is 0.496 e. The summed E-state index contributed by atoms with van der Waals surface area (Å²) in [6, 6.07) is 17.6. The Balaban J connectivity index is 1.55. The van der Waals surface area contributed by atoms with E-state index in [4.69, 9.17) is 4.74 Å². The Hall–Kier alpha value is -1.32. The molecule has 1 aliphatic rings. The second-order valence-electron chi connectivity index (χ2n) is 5.21. The summed E-state index contributed by atoms with van der Waals surface area (Å²) >= 11 is 3.53. The van der Waals surface area contributed by atoms with Crippen molar-refractivity contribution in [3.05, 3.63) is 64.1 Å². The van der Waals surface area contributed by atoms with Crippen molar-refractivity contribution < 1.29 is 4.74 Å². The zero-order valence-corrected chi connectivity index (χ0v) is 13.1. The third-order valence-electron chi connectivity index (χ3n) is 3.80. The quantitative estimate of drug-likeness (QED) is 0.890. The molecule has 1 N–H and O–H groups in total. The van der Waals surface area contributed by atoms with Gasteiger partial charge in [0.15, 0.2) is 0 Å². The van der Waals surface area contributed by atoms with Crippen LogP contribution < -0.4 is 10.1 Å². The highest BCUT2D eigenvalue weighted by Crippen LogP contribution is 2.40. The molecule has 0 aromatic heterocycles. The molecule has 0 aliphatic heterocycles. The van der Waals surface area contributed by atoms with Crippen molar-refractivity contribution in [2.24, 2.45) is 0 Å². The SMILES string of the molecule is COc1ccc(CNC2CC2c2ccccc2)cc1Br. The van der Waals surface area contributed by atoms with E-state index in [1.807, 2.05) is 6.07 Å². The third kappa shape index (κ3) is 3.05. The van der Waals surface area contributed by atoms with Crippen LogP contribution in [0.3, 0.4) is 0 Å². The molecule has 20 heavy (non-hydrogen) atoms. The van der Waals surface area contributed by atoms with Gasteiger partial charge in [0.2, 0.25) is 0 Å². The molecule has 0 bridgehead atoms. The van der Waals surface area contributed by atoms with E-state index in [1.54, 1.807) is 7.11 Å². The fraction of sp³-hybridized carbons (Fsp3) is 0.294. The van der Waals surface area contributed by atoms with Gasteiger partial charge in [0.05, 0.1) is 11.6 Å². The smallest absolute Gasteiger partial charge is 0.133 e. The summed E-state index contributed by atoms with van der Waals surface area (Å²) in [7, 11) is 1.69. The van der Waals surface area contributed by atoms with Gasteiger partial charge in [-0.05, 0) is 45.6 Å². The molecule has 3 rings (SSSR count). The molecular weight excluding hydrogens is 314 g/mol. The molecule has 1 saturated carbocycles. The van der Waals surface area contributed by atoms with Crippen LogP contribution in [0.15, 0.2) is 53.0 Å². The van der Waals surface area contributed by atoms with Crippen molar-refractivity contribution in [3.63, 3.8) is 0 Å². The van der Waals surface area contributed by atoms with Crippen molar-refractivity contribution in [1.29, 1.82) is 0 Å². The number of halogens is 1. The Kier molecular flexibility index (Phi) is 4.08. The van der Waals surface area contributed by atoms with Gasteiger partial charge in [-0.15, -0.1) is 0 Å². The zero-order valence-electron chi connectivity index (χ0n) is 11.5. The van der Waals surface area contributed by atoms with Gasteiger partial charge < -0.3 is 10.1 Å². The molecule has 0 amide bonds. The van der Waals surface area contributed by atoms with Gasteiger partial charge in [0.25, 0.3) is 0 Å². The number of benzene rings is 2. The van der Waals surface area contributed by atoms with Crippen molar-refractivity contribution in [1.82, 2.24) is 5.32 Å². The number of hydrogen-bond acceptors (Lipinski definition) is 2. The molecule has 2 aromatic rings. The average molecular weight is 332 g/mol. The van der Waals surface area contributed by atoms with E-state index in [9.17, 15) is 0 Å². The second kappa shape index (κ2) is 5.98. The molecule has 2 atom stereocenters. The molecule has 0 saturated heterocycles. The maximum Gasteiger partial charge on any atom is 0.133 e. The number of hydrogen-bond donors (Lipinski definition) is 1. The third-order valence-corrected chi connectivity index (χ3v) is 4.42. The maximum absolute atomic E-state index is 5.25. The van der Waals surface area contributed by atoms with Crippen LogP contribution in [0.2, 0.25) is 0 Å². The first-order valence-electron chi connectivity index (χ1n) is 6.88. The van der Waals surface area contributed by atoms with Gasteiger partial charge in [-0.25, -0.2) is 0 Å². The predicted octanol–water partition coefficient (Wildman–Crippen LogP) is 4.10. The summed E-state index contributed by atoms with van der Waals surface area (Å²) in [6.45, 7) is 0.899. The lowest BCUT2D eigenvalue weighted by molar-refractivity contribution is 0.412. The lowest BCUT2D eigenvalue weighted by atomic mass is 10.1. The van der Waals surface area contributed by atoms with E-state index in [-0.39, 0.29) is 0 Å². The summed E-state index contributed by atoms with van der Waals surface area (Å²) in [6.07, 6.45) is 1.24. The van der Waals surface area contributed by atoms with Crippen molar-refractivity contribution in [2.45, 2.75) is 24.9 Å². The van der Waals surface area contributed by atoms with Gasteiger partial charge in [0.1, 0.15) is 5.75 Å². The van der Waals surface area contributed by atoms with E-state index in [2.05, 4.69) is 63.7 Å². The Morgan fingerprint density at radius 2 is 2.00 bits per heavy atom. The van der Waals surface area contributed by atoms with Crippen LogP contribution in [0.25, 0.3) is 0 Å². The summed E-state index contributed by atoms with van der Waals surface area (Å²) in [4.78, 5) is 0. The molecule has 1 fully saturated rings. The lowest BCUT2D eigenvalue weighted by Gasteiger charge is -2.08. The number of nitrogens with one attached hydrogen (secondary N) is 1. The van der Waals surface area contributed by atoms with Crippen molar-refractivity contribution >= 4 is 15.9 Å². The van der Waals surface area contributed by atoms with Gasteiger partial charge in [-0.1, -0.05) is 36.4 Å². The average Bonchev–Trinajstić information content (AvgIpc) is 3.26. The van der Waals surface area contributed by atoms with E-state index in [1.165, 1.54) is 17.5 Å². The minimum Gasteiger partial charge on any atom is -0.496 e. The lowest BCUT2D eigenvalue weighted by Crippen LogP contribution is -2.17. The monoisotopic (exact) mass is 331 g/mol. The normalized spacial score (nSPS) is 20.7. The first-order valence-corrected chi connectivity index (χ1v) is 7.68. The minimum atomic E-state index is 0.610. The fourth-order valence-corrected chi connectivity index (χ4v) is 3.15. The minimum absolute atomic E-state index is 0.610. The summed E-state index contributed by atoms with van der Waals surface area (Å²) < 4.78 is 6.25. The van der Waals surface area contributed by atoms with E-state index in [0.717, 1.165) is 16.8 Å². The Labute approximate surface area is 128 Å². The summed E-state index contributed by atoms with van der Waals surface area (Å²) in [5.74, 6) is 1.56. The van der Waals surface area contributed by atoms with Crippen molar-refractivity contribution in [3.8, 4) is 5.75 Å². The topological polar surface area (TPSA) is 21.3 Å². The van der Waals surface area contributed by atoms with Crippen molar-refractivity contribution in [2.75, 3.05) is 7.11 Å². The molecule has 2 nitrogen and oxygen atoms in total. The molecule has 1 aliphatic carbocycles. The first kappa shape index (κ1) is 13.7. The van der Waals surface area contributed by atoms with E-state index < -0.39 is 0 Å². The first-order chi connectivity index (χ1) is 9.78. The van der Waals surface area contributed by atoms with Crippen LogP contribution in [0.5, 0.6) is 5.75 Å². The number of ether oxygens (including phenoxy) is 1. The standard InChI is InChI=1S/C17H18BrNO/c1-20-17-8-7-12(9-15(17)18)11-19-16-10-14(16)13-5-3-2-4-6-13/h2-9,14,16,19H,10-11H2,1H3. The Morgan fingerprint density at radius 3 is 2.70 bits per heavy atom. The second-order valence-corrected chi connectivity index (χ2v) is 6.06. The molecule has 0 spiro atoms. The highest BCUT2D eigenvalue weighted by molar-refractivity contribution is 9.10. The fourth-order valence-electron chi connectivity index (χ4n) is 2.56. The molecule has 2 unspecified atom stereocenters. The highest BCUT2D eigenvalue weighted by atomic mass is 79.9. The van der Waals surface area contributed by atoms with E-state index in [0.29, 0.717) is 12.0 Å². The van der Waals surface area contributed by atoms with Gasteiger partial charge in [0, 0.05) is 18.5 Å². The summed E-state index contributed by atoms with van der Waals surface area (Å²) in [5, 5.41) is 3.62. The molecule has 0 radical (unpaired) electrons. The highest BCUT2D eigenvalue weighted by Gasteiger charge is 2.37. The van der Waals surface area contributed by atoms with Crippen LogP contribution in [0.4, 0.5) is 0 Å². The van der Waals surface area contributed by atoms with Gasteiger partial charge in [-0.2, -0.15) is 0 Å². The molecule has 104 valence electrons. The molecular formula is C17H18BrNO. The Bertz CT molecular complexity index is 585. The number of methoxy groups -OCH3 is 1. The maximum atomic E-state index is 5.25. The van der Waals surface area contributed by atoms with Gasteiger partial charge in [-0.3, -0.25) is 0 Å². The van der Waals surface area contributed by atoms with Crippen LogP contribution in [-0.2, 0) is 6.54 Å². The van der Waals surface area contributed by atoms with Gasteiger partial charge >= 0.3 is 0 Å². The summed E-state index contributed by atoms with van der Waals surface area (Å²) in [5.41, 5.74) is 2.72. The van der Waals surface area contributed by atoms with E-state index >= 15 is 0 Å². The Morgan fingerprint density at radius 1 is 1.20 bits per heavy atom. The number of rotatable bonds is 5. The molecule has 2 aromatic carbocycles. The van der Waals surface area contributed by atoms with Crippen LogP contribution in [0.1, 0.15) is 23.5 Å². The molecule has 3 heteroatoms. The molecule has 0 heterocycles. The zero-order chi connectivity index (χ0) is 13.9. The van der Waals surface area contributed by atoms with Crippen LogP contribution in [0, 0.1) is 0 Å². The predicted molar refractivity (Wildman–Crippen MR) is 85.1 cm³/mol.